The van der Waals surface area contributed by atoms with E-state index in [0.29, 0.717) is 11.1 Å². The first kappa shape index (κ1) is 25.3. The fourth-order valence-electron chi connectivity index (χ4n) is 2.81. The standard InChI is InChI=1S/C25H26O8/c1-15-6-10-18(11-7-15)21(24(28)30-4)32-20(26)14-17(3)23(27)33-22(25(29)31-5)19-12-8-16(2)9-13-19/h6-13,21-22H,3,14H2,1-2,4-5H3. The molecule has 8 nitrogen and oxygen atoms in total. The molecule has 0 spiro atoms. The Kier molecular flexibility index (Phi) is 8.91. The lowest BCUT2D eigenvalue weighted by Gasteiger charge is -2.18. The highest BCUT2D eigenvalue weighted by molar-refractivity contribution is 5.95. The Morgan fingerprint density at radius 3 is 1.52 bits per heavy atom. The fourth-order valence-corrected chi connectivity index (χ4v) is 2.81. The average Bonchev–Trinajstić information content (AvgIpc) is 2.81. The number of carbonyl (C=O) groups excluding carboxylic acids is 4. The highest BCUT2D eigenvalue weighted by atomic mass is 16.6. The van der Waals surface area contributed by atoms with Gasteiger partial charge in [-0.3, -0.25) is 4.79 Å². The van der Waals surface area contributed by atoms with Crippen molar-refractivity contribution in [2.45, 2.75) is 32.5 Å². The van der Waals surface area contributed by atoms with E-state index >= 15 is 0 Å². The van der Waals surface area contributed by atoms with Crippen molar-refractivity contribution >= 4 is 23.9 Å². The number of carbonyl (C=O) groups is 4. The van der Waals surface area contributed by atoms with Crippen LogP contribution < -0.4 is 0 Å². The summed E-state index contributed by atoms with van der Waals surface area (Å²) in [6, 6.07) is 13.5. The quantitative estimate of drug-likeness (QED) is 0.322. The van der Waals surface area contributed by atoms with E-state index in [1.807, 2.05) is 13.8 Å². The Balaban J connectivity index is 2.08. The highest BCUT2D eigenvalue weighted by Gasteiger charge is 2.30. The minimum absolute atomic E-state index is 0.256. The Morgan fingerprint density at radius 1 is 0.727 bits per heavy atom. The van der Waals surface area contributed by atoms with Gasteiger partial charge in [0.15, 0.2) is 0 Å². The molecule has 0 aliphatic rings. The summed E-state index contributed by atoms with van der Waals surface area (Å²) in [7, 11) is 2.34. The van der Waals surface area contributed by atoms with Gasteiger partial charge >= 0.3 is 23.9 Å². The summed E-state index contributed by atoms with van der Waals surface area (Å²) in [6.07, 6.45) is -3.19. The number of esters is 4. The molecule has 0 saturated heterocycles. The van der Waals surface area contributed by atoms with Gasteiger partial charge in [0.05, 0.1) is 20.6 Å². The molecule has 0 aromatic heterocycles. The maximum atomic E-state index is 12.5. The van der Waals surface area contributed by atoms with Crippen molar-refractivity contribution in [2.75, 3.05) is 14.2 Å². The van der Waals surface area contributed by atoms with E-state index in [9.17, 15) is 19.2 Å². The smallest absolute Gasteiger partial charge is 0.351 e. The van der Waals surface area contributed by atoms with Gasteiger partial charge in [0.25, 0.3) is 0 Å². The lowest BCUT2D eigenvalue weighted by Crippen LogP contribution is -2.24. The van der Waals surface area contributed by atoms with Crippen LogP contribution in [0.3, 0.4) is 0 Å². The van der Waals surface area contributed by atoms with E-state index in [4.69, 9.17) is 18.9 Å². The summed E-state index contributed by atoms with van der Waals surface area (Å²) in [5.41, 5.74) is 2.47. The average molecular weight is 454 g/mol. The van der Waals surface area contributed by atoms with Gasteiger partial charge in [0.2, 0.25) is 12.2 Å². The number of rotatable bonds is 9. The van der Waals surface area contributed by atoms with Crippen LogP contribution in [0.25, 0.3) is 0 Å². The molecule has 2 atom stereocenters. The number of methoxy groups -OCH3 is 2. The van der Waals surface area contributed by atoms with Crippen molar-refractivity contribution < 1.29 is 38.1 Å². The van der Waals surface area contributed by atoms with Crippen LogP contribution in [0, 0.1) is 13.8 Å². The van der Waals surface area contributed by atoms with Crippen LogP contribution in [-0.4, -0.2) is 38.1 Å². The Morgan fingerprint density at radius 2 is 1.12 bits per heavy atom. The van der Waals surface area contributed by atoms with E-state index in [1.54, 1.807) is 48.5 Å². The second-order valence-electron chi connectivity index (χ2n) is 7.30. The third-order valence-corrected chi connectivity index (χ3v) is 4.71. The molecule has 174 valence electrons. The molecule has 0 amide bonds. The minimum Gasteiger partial charge on any atom is -0.466 e. The molecule has 2 rings (SSSR count). The van der Waals surface area contributed by atoms with Gasteiger partial charge < -0.3 is 18.9 Å². The normalized spacial score (nSPS) is 12.1. The highest BCUT2D eigenvalue weighted by Crippen LogP contribution is 2.24. The largest absolute Gasteiger partial charge is 0.466 e. The Hall–Kier alpha value is -3.94. The first-order valence-electron chi connectivity index (χ1n) is 10.0. The van der Waals surface area contributed by atoms with Crippen molar-refractivity contribution in [3.05, 3.63) is 82.9 Å². The molecular formula is C25H26O8. The van der Waals surface area contributed by atoms with Crippen molar-refractivity contribution in [1.82, 2.24) is 0 Å². The zero-order valence-corrected chi connectivity index (χ0v) is 19.0. The maximum Gasteiger partial charge on any atom is 0.351 e. The topological polar surface area (TPSA) is 105 Å². The molecule has 33 heavy (non-hydrogen) atoms. The van der Waals surface area contributed by atoms with Crippen LogP contribution in [0.1, 0.15) is 40.9 Å². The van der Waals surface area contributed by atoms with Crippen molar-refractivity contribution in [3.8, 4) is 0 Å². The molecule has 0 heterocycles. The van der Waals surface area contributed by atoms with E-state index < -0.39 is 42.5 Å². The molecule has 0 radical (unpaired) electrons. The van der Waals surface area contributed by atoms with Crippen LogP contribution in [-0.2, 0) is 38.1 Å². The van der Waals surface area contributed by atoms with Gasteiger partial charge in [-0.2, -0.15) is 0 Å². The van der Waals surface area contributed by atoms with Gasteiger partial charge in [0.1, 0.15) is 0 Å². The van der Waals surface area contributed by atoms with Crippen molar-refractivity contribution in [2.24, 2.45) is 0 Å². The lowest BCUT2D eigenvalue weighted by atomic mass is 10.1. The Bertz CT molecular complexity index is 1020. The molecule has 0 bridgehead atoms. The number of ether oxygens (including phenoxy) is 4. The zero-order chi connectivity index (χ0) is 24.5. The third-order valence-electron chi connectivity index (χ3n) is 4.71. The molecule has 0 N–H and O–H groups in total. The molecule has 0 aliphatic carbocycles. The third kappa shape index (κ3) is 7.03. The summed E-state index contributed by atoms with van der Waals surface area (Å²) >= 11 is 0. The predicted octanol–water partition coefficient (Wildman–Crippen LogP) is 3.46. The SMILES string of the molecule is C=C(CC(=O)OC(C(=O)OC)c1ccc(C)cc1)C(=O)OC(C(=O)OC)c1ccc(C)cc1. The molecule has 0 saturated carbocycles. The van der Waals surface area contributed by atoms with Crippen molar-refractivity contribution in [3.63, 3.8) is 0 Å². The first-order chi connectivity index (χ1) is 15.7. The van der Waals surface area contributed by atoms with E-state index in [0.717, 1.165) is 11.1 Å². The molecule has 0 aliphatic heterocycles. The second-order valence-corrected chi connectivity index (χ2v) is 7.30. The summed E-state index contributed by atoms with van der Waals surface area (Å²) in [4.78, 5) is 49.2. The van der Waals surface area contributed by atoms with Crippen LogP contribution in [0.4, 0.5) is 0 Å². The number of hydrogen-bond acceptors (Lipinski definition) is 8. The van der Waals surface area contributed by atoms with Gasteiger partial charge in [-0.15, -0.1) is 0 Å². The Labute approximate surface area is 192 Å². The predicted molar refractivity (Wildman–Crippen MR) is 118 cm³/mol. The molecule has 8 heteroatoms. The van der Waals surface area contributed by atoms with Gasteiger partial charge in [0, 0.05) is 16.7 Å². The van der Waals surface area contributed by atoms with E-state index in [-0.39, 0.29) is 5.57 Å². The van der Waals surface area contributed by atoms with Gasteiger partial charge in [-0.25, -0.2) is 14.4 Å². The molecule has 2 aromatic rings. The summed E-state index contributed by atoms with van der Waals surface area (Å²) < 4.78 is 19.9. The zero-order valence-electron chi connectivity index (χ0n) is 19.0. The number of aryl methyl sites for hydroxylation is 2. The maximum absolute atomic E-state index is 12.5. The van der Waals surface area contributed by atoms with Crippen molar-refractivity contribution in [1.29, 1.82) is 0 Å². The summed E-state index contributed by atoms with van der Waals surface area (Å²) in [5, 5.41) is 0. The van der Waals surface area contributed by atoms with Gasteiger partial charge in [-0.1, -0.05) is 66.2 Å². The molecular weight excluding hydrogens is 428 g/mol. The summed E-state index contributed by atoms with van der Waals surface area (Å²) in [6.45, 7) is 7.29. The number of benzene rings is 2. The van der Waals surface area contributed by atoms with E-state index in [2.05, 4.69) is 6.58 Å². The molecule has 0 fully saturated rings. The van der Waals surface area contributed by atoms with Crippen LogP contribution in [0.2, 0.25) is 0 Å². The monoisotopic (exact) mass is 454 g/mol. The summed E-state index contributed by atoms with van der Waals surface area (Å²) in [5.74, 6) is -3.43. The van der Waals surface area contributed by atoms with Crippen LogP contribution in [0.5, 0.6) is 0 Å². The second kappa shape index (κ2) is 11.6. The first-order valence-corrected chi connectivity index (χ1v) is 10.0. The van der Waals surface area contributed by atoms with Crippen LogP contribution >= 0.6 is 0 Å². The molecule has 2 unspecified atom stereocenters. The van der Waals surface area contributed by atoms with E-state index in [1.165, 1.54) is 14.2 Å². The lowest BCUT2D eigenvalue weighted by molar-refractivity contribution is -0.167. The van der Waals surface area contributed by atoms with Gasteiger partial charge in [-0.05, 0) is 13.8 Å². The minimum atomic E-state index is -1.33. The number of hydrogen-bond donors (Lipinski definition) is 0. The van der Waals surface area contributed by atoms with Crippen LogP contribution in [0.15, 0.2) is 60.7 Å². The fraction of sp³-hybridized carbons (Fsp3) is 0.280. The molecule has 2 aromatic carbocycles.